The lowest BCUT2D eigenvalue weighted by Gasteiger charge is -2.32. The van der Waals surface area contributed by atoms with Crippen LogP contribution in [0.15, 0.2) is 18.3 Å². The summed E-state index contributed by atoms with van der Waals surface area (Å²) in [5.74, 6) is 1.78. The molecular formula is C18H26N2O2S. The fraction of sp³-hybridized carbons (Fsp3) is 0.667. The zero-order valence-electron chi connectivity index (χ0n) is 13.9. The number of carbonyl (C=O) groups excluding carboxylic acids is 1. The lowest BCUT2D eigenvalue weighted by atomic mass is 10.1. The number of aryl methyl sites for hydroxylation is 1. The van der Waals surface area contributed by atoms with E-state index in [1.807, 2.05) is 35.7 Å². The molecule has 0 bridgehead atoms. The van der Waals surface area contributed by atoms with Gasteiger partial charge in [0.15, 0.2) is 0 Å². The summed E-state index contributed by atoms with van der Waals surface area (Å²) in [7, 11) is 0. The molecule has 0 aromatic carbocycles. The topological polar surface area (TPSA) is 42.4 Å². The Balaban J connectivity index is 1.39. The molecule has 1 aliphatic carbocycles. The number of likely N-dealkylation sites (tertiary alicyclic amines) is 1. The Kier molecular flexibility index (Phi) is 5.81. The Morgan fingerprint density at radius 2 is 2.00 bits per heavy atom. The van der Waals surface area contributed by atoms with Gasteiger partial charge in [0, 0.05) is 36.9 Å². The summed E-state index contributed by atoms with van der Waals surface area (Å²) in [6, 6.07) is 3.94. The molecule has 2 aliphatic rings. The molecule has 0 atom stereocenters. The van der Waals surface area contributed by atoms with Crippen molar-refractivity contribution in [2.45, 2.75) is 56.8 Å². The standard InChI is InChI=1S/C18H26N2O2S/c1-14-6-7-16(12-19-14)22-15-8-10-20(11-9-15)18(21)13-23-17-4-2-3-5-17/h6-7,12,15,17H,2-5,8-11,13H2,1H3. The summed E-state index contributed by atoms with van der Waals surface area (Å²) in [4.78, 5) is 18.6. The Labute approximate surface area is 143 Å². The van der Waals surface area contributed by atoms with Crippen LogP contribution >= 0.6 is 11.8 Å². The van der Waals surface area contributed by atoms with Crippen molar-refractivity contribution in [3.05, 3.63) is 24.0 Å². The van der Waals surface area contributed by atoms with E-state index in [1.165, 1.54) is 25.7 Å². The van der Waals surface area contributed by atoms with Crippen molar-refractivity contribution in [3.63, 3.8) is 0 Å². The first-order valence-electron chi connectivity index (χ1n) is 8.69. The summed E-state index contributed by atoms with van der Waals surface area (Å²) < 4.78 is 5.97. The maximum Gasteiger partial charge on any atom is 0.232 e. The van der Waals surface area contributed by atoms with Crippen molar-refractivity contribution in [2.75, 3.05) is 18.8 Å². The van der Waals surface area contributed by atoms with Crippen molar-refractivity contribution in [3.8, 4) is 5.75 Å². The maximum absolute atomic E-state index is 12.3. The first kappa shape index (κ1) is 16.6. The lowest BCUT2D eigenvalue weighted by molar-refractivity contribution is -0.130. The minimum Gasteiger partial charge on any atom is -0.489 e. The molecule has 0 radical (unpaired) electrons. The summed E-state index contributed by atoms with van der Waals surface area (Å²) in [6.07, 6.45) is 9.06. The molecule has 23 heavy (non-hydrogen) atoms. The van der Waals surface area contributed by atoms with E-state index >= 15 is 0 Å². The van der Waals surface area contributed by atoms with Gasteiger partial charge in [-0.3, -0.25) is 9.78 Å². The number of hydrogen-bond donors (Lipinski definition) is 0. The van der Waals surface area contributed by atoms with Crippen LogP contribution in [0.2, 0.25) is 0 Å². The molecule has 0 N–H and O–H groups in total. The number of ether oxygens (including phenoxy) is 1. The third-order valence-electron chi connectivity index (χ3n) is 4.73. The van der Waals surface area contributed by atoms with Crippen LogP contribution < -0.4 is 4.74 Å². The number of piperidine rings is 1. The van der Waals surface area contributed by atoms with E-state index in [0.29, 0.717) is 16.9 Å². The largest absolute Gasteiger partial charge is 0.489 e. The summed E-state index contributed by atoms with van der Waals surface area (Å²) in [5, 5.41) is 0.717. The number of thioether (sulfide) groups is 1. The molecule has 126 valence electrons. The second kappa shape index (κ2) is 8.04. The average Bonchev–Trinajstić information content (AvgIpc) is 3.09. The van der Waals surface area contributed by atoms with Gasteiger partial charge in [-0.1, -0.05) is 12.8 Å². The van der Waals surface area contributed by atoms with Crippen molar-refractivity contribution >= 4 is 17.7 Å². The Morgan fingerprint density at radius 3 is 2.65 bits per heavy atom. The van der Waals surface area contributed by atoms with Gasteiger partial charge in [-0.05, 0) is 31.9 Å². The molecule has 4 nitrogen and oxygen atoms in total. The van der Waals surface area contributed by atoms with Gasteiger partial charge in [0.1, 0.15) is 11.9 Å². The van der Waals surface area contributed by atoms with Crippen LogP contribution in [0.1, 0.15) is 44.2 Å². The third-order valence-corrected chi connectivity index (χ3v) is 6.08. The predicted octanol–water partition coefficient (Wildman–Crippen LogP) is 3.44. The highest BCUT2D eigenvalue weighted by atomic mass is 32.2. The molecule has 1 aromatic heterocycles. The molecule has 1 aliphatic heterocycles. The highest BCUT2D eigenvalue weighted by molar-refractivity contribution is 8.00. The van der Waals surface area contributed by atoms with Gasteiger partial charge < -0.3 is 9.64 Å². The summed E-state index contributed by atoms with van der Waals surface area (Å²) >= 11 is 1.86. The molecule has 1 saturated heterocycles. The molecule has 0 spiro atoms. The Morgan fingerprint density at radius 1 is 1.26 bits per heavy atom. The zero-order valence-corrected chi connectivity index (χ0v) is 14.7. The first-order valence-corrected chi connectivity index (χ1v) is 9.74. The van der Waals surface area contributed by atoms with E-state index in [0.717, 1.165) is 37.4 Å². The monoisotopic (exact) mass is 334 g/mol. The minimum atomic E-state index is 0.200. The van der Waals surface area contributed by atoms with Gasteiger partial charge in [-0.2, -0.15) is 0 Å². The quantitative estimate of drug-likeness (QED) is 0.827. The van der Waals surface area contributed by atoms with Gasteiger partial charge in [-0.25, -0.2) is 0 Å². The third kappa shape index (κ3) is 4.87. The van der Waals surface area contributed by atoms with Gasteiger partial charge in [0.05, 0.1) is 11.9 Å². The fourth-order valence-electron chi connectivity index (χ4n) is 3.27. The van der Waals surface area contributed by atoms with Crippen LogP contribution in [0, 0.1) is 6.92 Å². The van der Waals surface area contributed by atoms with E-state index in [9.17, 15) is 4.79 Å². The zero-order chi connectivity index (χ0) is 16.1. The number of amides is 1. The van der Waals surface area contributed by atoms with Gasteiger partial charge in [0.2, 0.25) is 5.91 Å². The van der Waals surface area contributed by atoms with Crippen molar-refractivity contribution in [1.29, 1.82) is 0 Å². The van der Waals surface area contributed by atoms with E-state index in [4.69, 9.17) is 4.74 Å². The van der Waals surface area contributed by atoms with E-state index in [1.54, 1.807) is 6.20 Å². The van der Waals surface area contributed by atoms with Crippen LogP contribution in [0.5, 0.6) is 5.75 Å². The molecule has 2 heterocycles. The van der Waals surface area contributed by atoms with Crippen LogP contribution in [0.25, 0.3) is 0 Å². The molecule has 1 saturated carbocycles. The number of hydrogen-bond acceptors (Lipinski definition) is 4. The van der Waals surface area contributed by atoms with Crippen LogP contribution in [-0.2, 0) is 4.79 Å². The fourth-order valence-corrected chi connectivity index (χ4v) is 4.50. The predicted molar refractivity (Wildman–Crippen MR) is 93.9 cm³/mol. The molecule has 0 unspecified atom stereocenters. The number of carbonyl (C=O) groups is 1. The molecule has 2 fully saturated rings. The van der Waals surface area contributed by atoms with Crippen molar-refractivity contribution in [1.82, 2.24) is 9.88 Å². The van der Waals surface area contributed by atoms with E-state index in [2.05, 4.69) is 4.98 Å². The minimum absolute atomic E-state index is 0.200. The van der Waals surface area contributed by atoms with Crippen molar-refractivity contribution < 1.29 is 9.53 Å². The molecule has 1 amide bonds. The van der Waals surface area contributed by atoms with E-state index < -0.39 is 0 Å². The SMILES string of the molecule is Cc1ccc(OC2CCN(C(=O)CSC3CCCC3)CC2)cn1. The molecule has 1 aromatic rings. The summed E-state index contributed by atoms with van der Waals surface area (Å²) in [5.41, 5.74) is 0.998. The summed E-state index contributed by atoms with van der Waals surface area (Å²) in [6.45, 7) is 3.60. The van der Waals surface area contributed by atoms with Crippen LogP contribution in [0.4, 0.5) is 0 Å². The normalized spacial score (nSPS) is 20.0. The van der Waals surface area contributed by atoms with Gasteiger partial charge >= 0.3 is 0 Å². The second-order valence-electron chi connectivity index (χ2n) is 6.55. The number of aromatic nitrogens is 1. The first-order chi connectivity index (χ1) is 11.2. The maximum atomic E-state index is 12.3. The van der Waals surface area contributed by atoms with E-state index in [-0.39, 0.29) is 6.10 Å². The van der Waals surface area contributed by atoms with Crippen LogP contribution in [-0.4, -0.2) is 46.0 Å². The highest BCUT2D eigenvalue weighted by Gasteiger charge is 2.25. The molecule has 5 heteroatoms. The number of rotatable bonds is 5. The lowest BCUT2D eigenvalue weighted by Crippen LogP contribution is -2.42. The average molecular weight is 334 g/mol. The second-order valence-corrected chi connectivity index (χ2v) is 7.84. The highest BCUT2D eigenvalue weighted by Crippen LogP contribution is 2.29. The Hall–Kier alpha value is -1.23. The van der Waals surface area contributed by atoms with Crippen molar-refractivity contribution in [2.24, 2.45) is 0 Å². The van der Waals surface area contributed by atoms with Crippen LogP contribution in [0.3, 0.4) is 0 Å². The molecular weight excluding hydrogens is 308 g/mol. The van der Waals surface area contributed by atoms with Gasteiger partial charge in [0.25, 0.3) is 0 Å². The smallest absolute Gasteiger partial charge is 0.232 e. The Bertz CT molecular complexity index is 506. The number of pyridine rings is 1. The molecule has 3 rings (SSSR count). The van der Waals surface area contributed by atoms with Gasteiger partial charge in [-0.15, -0.1) is 11.8 Å². The number of nitrogens with zero attached hydrogens (tertiary/aromatic N) is 2.